The molecule has 8 heteroatoms. The zero-order valence-corrected chi connectivity index (χ0v) is 10.8. The molecule has 1 aromatic carbocycles. The lowest BCUT2D eigenvalue weighted by molar-refractivity contribution is -0.137. The molecule has 1 rings (SSSR count). The van der Waals surface area contributed by atoms with Crippen LogP contribution in [0.5, 0.6) is 0 Å². The Morgan fingerprint density at radius 2 is 2.11 bits per heavy atom. The van der Waals surface area contributed by atoms with Crippen molar-refractivity contribution in [2.45, 2.75) is 17.7 Å². The summed E-state index contributed by atoms with van der Waals surface area (Å²) in [6.07, 6.45) is 0.0379. The number of hydrogen-bond acceptors (Lipinski definition) is 3. The maximum Gasteiger partial charge on any atom is 0.303 e. The van der Waals surface area contributed by atoms with E-state index in [-0.39, 0.29) is 29.3 Å². The molecule has 0 bridgehead atoms. The van der Waals surface area contributed by atoms with Gasteiger partial charge >= 0.3 is 5.97 Å². The van der Waals surface area contributed by atoms with Gasteiger partial charge in [-0.1, -0.05) is 11.6 Å². The first-order chi connectivity index (χ1) is 8.33. The van der Waals surface area contributed by atoms with Crippen molar-refractivity contribution >= 4 is 27.6 Å². The normalized spacial score (nSPS) is 11.4. The number of aliphatic carboxylic acids is 1. The molecule has 1 aromatic rings. The summed E-state index contributed by atoms with van der Waals surface area (Å²) in [5.41, 5.74) is 0. The van der Waals surface area contributed by atoms with E-state index in [1.54, 1.807) is 0 Å². The van der Waals surface area contributed by atoms with E-state index in [2.05, 4.69) is 4.72 Å². The van der Waals surface area contributed by atoms with E-state index < -0.39 is 21.8 Å². The van der Waals surface area contributed by atoms with Gasteiger partial charge in [0.1, 0.15) is 5.82 Å². The average Bonchev–Trinajstić information content (AvgIpc) is 2.28. The summed E-state index contributed by atoms with van der Waals surface area (Å²) in [5, 5.41) is 8.10. The van der Waals surface area contributed by atoms with Crippen molar-refractivity contribution < 1.29 is 22.7 Å². The topological polar surface area (TPSA) is 83.5 Å². The average molecular weight is 296 g/mol. The molecule has 0 radical (unpaired) electrons. The van der Waals surface area contributed by atoms with Gasteiger partial charge in [-0.05, 0) is 24.6 Å². The summed E-state index contributed by atoms with van der Waals surface area (Å²) < 4.78 is 38.5. The molecule has 0 heterocycles. The number of carboxylic acids is 1. The second-order valence-corrected chi connectivity index (χ2v) is 5.65. The Morgan fingerprint density at radius 3 is 2.67 bits per heavy atom. The fourth-order valence-electron chi connectivity index (χ4n) is 1.17. The molecule has 0 aliphatic carbocycles. The van der Waals surface area contributed by atoms with Gasteiger partial charge in [0.25, 0.3) is 0 Å². The van der Waals surface area contributed by atoms with Gasteiger partial charge in [-0.25, -0.2) is 17.5 Å². The van der Waals surface area contributed by atoms with E-state index in [0.29, 0.717) is 0 Å². The highest BCUT2D eigenvalue weighted by atomic mass is 35.5. The summed E-state index contributed by atoms with van der Waals surface area (Å²) in [7, 11) is -3.79. The van der Waals surface area contributed by atoms with Crippen LogP contribution in [-0.2, 0) is 14.8 Å². The molecule has 5 nitrogen and oxygen atoms in total. The molecule has 0 saturated carbocycles. The first-order valence-corrected chi connectivity index (χ1v) is 6.85. The zero-order valence-electron chi connectivity index (χ0n) is 9.19. The predicted octanol–water partition coefficient (Wildman–Crippen LogP) is 1.62. The smallest absolute Gasteiger partial charge is 0.303 e. The van der Waals surface area contributed by atoms with Crippen LogP contribution in [0.15, 0.2) is 23.1 Å². The van der Waals surface area contributed by atoms with Crippen molar-refractivity contribution in [1.29, 1.82) is 0 Å². The molecule has 0 saturated heterocycles. The van der Waals surface area contributed by atoms with Crippen molar-refractivity contribution in [3.05, 3.63) is 29.0 Å². The number of rotatable bonds is 6. The molecule has 0 fully saturated rings. The monoisotopic (exact) mass is 295 g/mol. The molecule has 2 N–H and O–H groups in total. The van der Waals surface area contributed by atoms with E-state index in [9.17, 15) is 17.6 Å². The van der Waals surface area contributed by atoms with Crippen molar-refractivity contribution in [2.75, 3.05) is 6.54 Å². The maximum absolute atomic E-state index is 12.9. The molecular formula is C10H11ClFNO4S. The summed E-state index contributed by atoms with van der Waals surface area (Å²) in [6.45, 7) is -0.0103. The SMILES string of the molecule is O=C(O)CCCNS(=O)(=O)c1ccc(F)c(Cl)c1. The van der Waals surface area contributed by atoms with Crippen molar-refractivity contribution in [1.82, 2.24) is 4.72 Å². The van der Waals surface area contributed by atoms with Gasteiger partial charge in [-0.3, -0.25) is 4.79 Å². The second-order valence-electron chi connectivity index (χ2n) is 3.47. The molecule has 0 atom stereocenters. The van der Waals surface area contributed by atoms with Crippen LogP contribution in [0.3, 0.4) is 0 Å². The van der Waals surface area contributed by atoms with Gasteiger partial charge in [0.2, 0.25) is 10.0 Å². The van der Waals surface area contributed by atoms with E-state index in [1.807, 2.05) is 0 Å². The van der Waals surface area contributed by atoms with Crippen LogP contribution in [0.2, 0.25) is 5.02 Å². The lowest BCUT2D eigenvalue weighted by Crippen LogP contribution is -2.25. The van der Waals surface area contributed by atoms with Gasteiger partial charge in [0, 0.05) is 13.0 Å². The number of hydrogen-bond donors (Lipinski definition) is 2. The molecular weight excluding hydrogens is 285 g/mol. The quantitative estimate of drug-likeness (QED) is 0.781. The van der Waals surface area contributed by atoms with Crippen LogP contribution in [0, 0.1) is 5.82 Å². The number of carbonyl (C=O) groups is 1. The Kier molecular flexibility index (Phi) is 5.06. The van der Waals surface area contributed by atoms with Crippen LogP contribution in [0.1, 0.15) is 12.8 Å². The highest BCUT2D eigenvalue weighted by Crippen LogP contribution is 2.19. The van der Waals surface area contributed by atoms with E-state index in [4.69, 9.17) is 16.7 Å². The highest BCUT2D eigenvalue weighted by molar-refractivity contribution is 7.89. The molecule has 0 spiro atoms. The first-order valence-electron chi connectivity index (χ1n) is 4.99. The van der Waals surface area contributed by atoms with Crippen molar-refractivity contribution in [2.24, 2.45) is 0 Å². The first kappa shape index (κ1) is 14.9. The van der Waals surface area contributed by atoms with Crippen LogP contribution in [0.4, 0.5) is 4.39 Å². The number of sulfonamides is 1. The minimum absolute atomic E-state index is 0.0103. The predicted molar refractivity (Wildman–Crippen MR) is 63.5 cm³/mol. The minimum Gasteiger partial charge on any atom is -0.481 e. The van der Waals surface area contributed by atoms with Crippen LogP contribution >= 0.6 is 11.6 Å². The summed E-state index contributed by atoms with van der Waals surface area (Å²) >= 11 is 5.48. The Hall–Kier alpha value is -1.18. The maximum atomic E-state index is 12.9. The number of carboxylic acid groups (broad SMARTS) is 1. The lowest BCUT2D eigenvalue weighted by Gasteiger charge is -2.06. The van der Waals surface area contributed by atoms with Crippen LogP contribution in [0.25, 0.3) is 0 Å². The molecule has 100 valence electrons. The Labute approximate surface area is 109 Å². The third-order valence-corrected chi connectivity index (χ3v) is 3.81. The molecule has 0 unspecified atom stereocenters. The minimum atomic E-state index is -3.79. The van der Waals surface area contributed by atoms with Gasteiger partial charge in [-0.2, -0.15) is 0 Å². The van der Waals surface area contributed by atoms with E-state index >= 15 is 0 Å². The zero-order chi connectivity index (χ0) is 13.8. The van der Waals surface area contributed by atoms with Crippen molar-refractivity contribution in [3.8, 4) is 0 Å². The third kappa shape index (κ3) is 4.25. The van der Waals surface area contributed by atoms with Gasteiger partial charge in [0.15, 0.2) is 0 Å². The number of halogens is 2. The summed E-state index contributed by atoms with van der Waals surface area (Å²) in [5.74, 6) is -1.71. The number of nitrogens with one attached hydrogen (secondary N) is 1. The van der Waals surface area contributed by atoms with E-state index in [0.717, 1.165) is 18.2 Å². The van der Waals surface area contributed by atoms with Gasteiger partial charge in [0.05, 0.1) is 9.92 Å². The Morgan fingerprint density at radius 1 is 1.44 bits per heavy atom. The largest absolute Gasteiger partial charge is 0.481 e. The van der Waals surface area contributed by atoms with Crippen molar-refractivity contribution in [3.63, 3.8) is 0 Å². The highest BCUT2D eigenvalue weighted by Gasteiger charge is 2.15. The third-order valence-electron chi connectivity index (χ3n) is 2.06. The molecule has 0 aliphatic rings. The van der Waals surface area contributed by atoms with E-state index in [1.165, 1.54) is 0 Å². The Bertz CT molecular complexity index is 547. The Balaban J connectivity index is 2.68. The second kappa shape index (κ2) is 6.12. The molecule has 0 aliphatic heterocycles. The van der Waals surface area contributed by atoms with Gasteiger partial charge < -0.3 is 5.11 Å². The number of benzene rings is 1. The molecule has 0 aromatic heterocycles. The molecule has 0 amide bonds. The lowest BCUT2D eigenvalue weighted by atomic mass is 10.3. The fourth-order valence-corrected chi connectivity index (χ4v) is 2.52. The molecule has 18 heavy (non-hydrogen) atoms. The van der Waals surface area contributed by atoms with Crippen LogP contribution < -0.4 is 4.72 Å². The summed E-state index contributed by atoms with van der Waals surface area (Å²) in [6, 6.07) is 3.03. The summed E-state index contributed by atoms with van der Waals surface area (Å²) in [4.78, 5) is 10.1. The fraction of sp³-hybridized carbons (Fsp3) is 0.300. The van der Waals surface area contributed by atoms with Gasteiger partial charge in [-0.15, -0.1) is 0 Å². The standard InChI is InChI=1S/C10H11ClFNO4S/c11-8-6-7(3-4-9(8)12)18(16,17)13-5-1-2-10(14)15/h3-4,6,13H,1-2,5H2,(H,14,15). The van der Waals surface area contributed by atoms with Crippen LogP contribution in [-0.4, -0.2) is 26.0 Å².